The molecule has 0 radical (unpaired) electrons. The zero-order valence-corrected chi connectivity index (χ0v) is 17.4. The molecule has 31 heavy (non-hydrogen) atoms. The number of rotatable bonds is 7. The van der Waals surface area contributed by atoms with Gasteiger partial charge < -0.3 is 9.15 Å². The van der Waals surface area contributed by atoms with Crippen LogP contribution in [0.2, 0.25) is 0 Å². The molecular formula is C22H19N3O5S. The minimum Gasteiger partial charge on any atom is -0.496 e. The first-order chi connectivity index (χ1) is 15.0. The Hall–Kier alpha value is -3.72. The predicted molar refractivity (Wildman–Crippen MR) is 115 cm³/mol. The molecular weight excluding hydrogens is 418 g/mol. The summed E-state index contributed by atoms with van der Waals surface area (Å²) in [5, 5.41) is 12.0. The Balaban J connectivity index is 1.47. The van der Waals surface area contributed by atoms with Crippen molar-refractivity contribution in [2.75, 3.05) is 18.2 Å². The van der Waals surface area contributed by atoms with E-state index in [0.29, 0.717) is 11.3 Å². The molecule has 0 spiro atoms. The Morgan fingerprint density at radius 2 is 1.68 bits per heavy atom. The second-order valence-corrected chi connectivity index (χ2v) is 8.85. The number of methoxy groups -OCH3 is 1. The summed E-state index contributed by atoms with van der Waals surface area (Å²) < 4.78 is 35.5. The third-order valence-electron chi connectivity index (χ3n) is 4.69. The summed E-state index contributed by atoms with van der Waals surface area (Å²) in [6.45, 7) is 0. The standard InChI is InChI=1S/C22H19N3O5S/c1-29-19-14-16-8-6-5-7-15(16)13-18(19)21(26)23-22-25-24-20(30-22)11-12-31(27,28)17-9-3-2-4-10-17/h2-10,13-14H,11-12H2,1H3,(H,23,25,26). The number of ether oxygens (including phenoxy) is 1. The number of sulfone groups is 1. The number of fused-ring (bicyclic) bond motifs is 1. The van der Waals surface area contributed by atoms with Gasteiger partial charge in [0.25, 0.3) is 5.91 Å². The maximum Gasteiger partial charge on any atom is 0.322 e. The molecule has 0 bridgehead atoms. The third-order valence-corrected chi connectivity index (χ3v) is 6.42. The zero-order valence-electron chi connectivity index (χ0n) is 16.6. The Bertz CT molecular complexity index is 1330. The Kier molecular flexibility index (Phi) is 5.68. The lowest BCUT2D eigenvalue weighted by atomic mass is 10.1. The number of aryl methyl sites for hydroxylation is 1. The van der Waals surface area contributed by atoms with E-state index in [9.17, 15) is 13.2 Å². The van der Waals surface area contributed by atoms with Crippen molar-refractivity contribution in [3.05, 3.63) is 78.2 Å². The maximum atomic E-state index is 12.7. The second-order valence-electron chi connectivity index (χ2n) is 6.74. The fraction of sp³-hybridized carbons (Fsp3) is 0.136. The van der Waals surface area contributed by atoms with Crippen molar-refractivity contribution in [1.29, 1.82) is 0 Å². The molecule has 8 nitrogen and oxygen atoms in total. The van der Waals surface area contributed by atoms with Gasteiger partial charge >= 0.3 is 6.01 Å². The number of carbonyl (C=O) groups excluding carboxylic acids is 1. The predicted octanol–water partition coefficient (Wildman–Crippen LogP) is 3.50. The first-order valence-corrected chi connectivity index (χ1v) is 11.1. The molecule has 1 aromatic heterocycles. The van der Waals surface area contributed by atoms with Crippen molar-refractivity contribution in [2.24, 2.45) is 0 Å². The van der Waals surface area contributed by atoms with Crippen LogP contribution in [-0.4, -0.2) is 37.4 Å². The lowest BCUT2D eigenvalue weighted by Crippen LogP contribution is -2.13. The summed E-state index contributed by atoms with van der Waals surface area (Å²) in [7, 11) is -1.99. The van der Waals surface area contributed by atoms with E-state index < -0.39 is 15.7 Å². The van der Waals surface area contributed by atoms with E-state index in [1.165, 1.54) is 19.2 Å². The molecule has 9 heteroatoms. The molecule has 0 aliphatic rings. The van der Waals surface area contributed by atoms with Crippen molar-refractivity contribution < 1.29 is 22.4 Å². The van der Waals surface area contributed by atoms with Gasteiger partial charge in [-0.25, -0.2) is 8.42 Å². The number of hydrogen-bond acceptors (Lipinski definition) is 7. The Morgan fingerprint density at radius 3 is 2.39 bits per heavy atom. The van der Waals surface area contributed by atoms with Gasteiger partial charge in [0.2, 0.25) is 5.89 Å². The quantitative estimate of drug-likeness (QED) is 0.471. The summed E-state index contributed by atoms with van der Waals surface area (Å²) in [5.74, 6) is -0.148. The van der Waals surface area contributed by atoms with Gasteiger partial charge in [-0.1, -0.05) is 47.6 Å². The number of aromatic nitrogens is 2. The van der Waals surface area contributed by atoms with Gasteiger partial charge in [0.1, 0.15) is 5.75 Å². The van der Waals surface area contributed by atoms with Gasteiger partial charge in [0.05, 0.1) is 23.3 Å². The topological polar surface area (TPSA) is 111 Å². The smallest absolute Gasteiger partial charge is 0.322 e. The summed E-state index contributed by atoms with van der Waals surface area (Å²) in [6.07, 6.45) is 0.0272. The molecule has 4 rings (SSSR count). The molecule has 0 saturated heterocycles. The maximum absolute atomic E-state index is 12.7. The van der Waals surface area contributed by atoms with Crippen molar-refractivity contribution in [1.82, 2.24) is 10.2 Å². The SMILES string of the molecule is COc1cc2ccccc2cc1C(=O)Nc1nnc(CCS(=O)(=O)c2ccccc2)o1. The highest BCUT2D eigenvalue weighted by Gasteiger charge is 2.19. The van der Waals surface area contributed by atoms with Gasteiger partial charge in [-0.3, -0.25) is 10.1 Å². The van der Waals surface area contributed by atoms with Crippen LogP contribution in [0.5, 0.6) is 5.75 Å². The first kappa shape index (κ1) is 20.5. The van der Waals surface area contributed by atoms with Crippen LogP contribution in [0.25, 0.3) is 10.8 Å². The zero-order chi connectivity index (χ0) is 21.8. The summed E-state index contributed by atoms with van der Waals surface area (Å²) in [5.41, 5.74) is 0.313. The fourth-order valence-corrected chi connectivity index (χ4v) is 4.35. The molecule has 0 atom stereocenters. The molecule has 0 aliphatic heterocycles. The van der Waals surface area contributed by atoms with Crippen LogP contribution in [0.4, 0.5) is 6.01 Å². The number of carbonyl (C=O) groups is 1. The minimum absolute atomic E-state index is 0.0272. The molecule has 4 aromatic rings. The second kappa shape index (κ2) is 8.57. The molecule has 1 amide bonds. The average molecular weight is 437 g/mol. The number of benzene rings is 3. The highest BCUT2D eigenvalue weighted by atomic mass is 32.2. The van der Waals surface area contributed by atoms with Crippen LogP contribution in [0, 0.1) is 0 Å². The van der Waals surface area contributed by atoms with E-state index >= 15 is 0 Å². The van der Waals surface area contributed by atoms with Crippen molar-refractivity contribution in [3.8, 4) is 5.75 Å². The summed E-state index contributed by atoms with van der Waals surface area (Å²) in [6, 6.07) is 19.1. The molecule has 158 valence electrons. The van der Waals surface area contributed by atoms with Gasteiger partial charge in [0.15, 0.2) is 9.84 Å². The third kappa shape index (κ3) is 4.56. The van der Waals surface area contributed by atoms with E-state index in [0.717, 1.165) is 10.8 Å². The van der Waals surface area contributed by atoms with Gasteiger partial charge in [-0.05, 0) is 35.0 Å². The molecule has 0 saturated carbocycles. The Morgan fingerprint density at radius 1 is 1.00 bits per heavy atom. The van der Waals surface area contributed by atoms with Crippen LogP contribution in [0.1, 0.15) is 16.2 Å². The van der Waals surface area contributed by atoms with Crippen LogP contribution in [0.3, 0.4) is 0 Å². The van der Waals surface area contributed by atoms with E-state index in [4.69, 9.17) is 9.15 Å². The van der Waals surface area contributed by atoms with Crippen LogP contribution >= 0.6 is 0 Å². The molecule has 1 N–H and O–H groups in total. The normalized spacial score (nSPS) is 11.4. The Labute approximate surface area is 178 Å². The van der Waals surface area contributed by atoms with Crippen molar-refractivity contribution in [2.45, 2.75) is 11.3 Å². The van der Waals surface area contributed by atoms with E-state index in [-0.39, 0.29) is 29.0 Å². The van der Waals surface area contributed by atoms with Crippen LogP contribution in [0.15, 0.2) is 76.0 Å². The van der Waals surface area contributed by atoms with E-state index in [1.54, 1.807) is 30.3 Å². The molecule has 0 aliphatic carbocycles. The van der Waals surface area contributed by atoms with E-state index in [2.05, 4.69) is 15.5 Å². The lowest BCUT2D eigenvalue weighted by molar-refractivity contribution is 0.102. The van der Waals surface area contributed by atoms with Gasteiger partial charge in [-0.15, -0.1) is 5.10 Å². The van der Waals surface area contributed by atoms with Gasteiger partial charge in [-0.2, -0.15) is 0 Å². The average Bonchev–Trinajstić information content (AvgIpc) is 3.24. The molecule has 1 heterocycles. The van der Waals surface area contributed by atoms with Crippen molar-refractivity contribution in [3.63, 3.8) is 0 Å². The fourth-order valence-electron chi connectivity index (χ4n) is 3.10. The highest BCUT2D eigenvalue weighted by molar-refractivity contribution is 7.91. The van der Waals surface area contributed by atoms with Crippen LogP contribution in [-0.2, 0) is 16.3 Å². The molecule has 0 fully saturated rings. The summed E-state index contributed by atoms with van der Waals surface area (Å²) >= 11 is 0. The number of nitrogens with zero attached hydrogens (tertiary/aromatic N) is 2. The number of anilines is 1. The largest absolute Gasteiger partial charge is 0.496 e. The first-order valence-electron chi connectivity index (χ1n) is 9.44. The minimum atomic E-state index is -3.48. The van der Waals surface area contributed by atoms with Gasteiger partial charge in [0, 0.05) is 6.42 Å². The number of nitrogens with one attached hydrogen (secondary N) is 1. The number of amides is 1. The monoisotopic (exact) mass is 437 g/mol. The summed E-state index contributed by atoms with van der Waals surface area (Å²) in [4.78, 5) is 13.0. The molecule has 3 aromatic carbocycles. The lowest BCUT2D eigenvalue weighted by Gasteiger charge is -2.09. The number of hydrogen-bond donors (Lipinski definition) is 1. The molecule has 0 unspecified atom stereocenters. The highest BCUT2D eigenvalue weighted by Crippen LogP contribution is 2.26. The van der Waals surface area contributed by atoms with E-state index in [1.807, 2.05) is 24.3 Å². The van der Waals surface area contributed by atoms with Crippen molar-refractivity contribution >= 4 is 32.5 Å². The van der Waals surface area contributed by atoms with Crippen LogP contribution < -0.4 is 10.1 Å².